The molecule has 0 unspecified atom stereocenters. The number of benzene rings is 1. The molecule has 1 fully saturated rings. The molecule has 1 aromatic rings. The van der Waals surface area contributed by atoms with Crippen LogP contribution >= 0.6 is 0 Å². The number of amides is 1. The summed E-state index contributed by atoms with van der Waals surface area (Å²) in [6.45, 7) is 4.77. The van der Waals surface area contributed by atoms with E-state index >= 15 is 0 Å². The number of anilines is 1. The number of aryl methyl sites for hydroxylation is 1. The minimum atomic E-state index is 0.107. The van der Waals surface area contributed by atoms with E-state index in [-0.39, 0.29) is 5.91 Å². The molecular formula is C16H25N3O. The number of hydrogen-bond donors (Lipinski definition) is 2. The van der Waals surface area contributed by atoms with E-state index < -0.39 is 0 Å². The van der Waals surface area contributed by atoms with Crippen molar-refractivity contribution in [1.29, 1.82) is 0 Å². The Morgan fingerprint density at radius 2 is 2.25 bits per heavy atom. The summed E-state index contributed by atoms with van der Waals surface area (Å²) in [6.07, 6.45) is 3.41. The minimum absolute atomic E-state index is 0.107. The maximum Gasteiger partial charge on any atom is 0.239 e. The Morgan fingerprint density at radius 1 is 1.45 bits per heavy atom. The second-order valence-corrected chi connectivity index (χ2v) is 5.65. The molecule has 0 aliphatic heterocycles. The Hall–Kier alpha value is -1.55. The summed E-state index contributed by atoms with van der Waals surface area (Å²) >= 11 is 0. The first-order valence-corrected chi connectivity index (χ1v) is 7.47. The van der Waals surface area contributed by atoms with Gasteiger partial charge in [0, 0.05) is 18.8 Å². The lowest BCUT2D eigenvalue weighted by Crippen LogP contribution is -2.39. The molecule has 4 heteroatoms. The van der Waals surface area contributed by atoms with Crippen molar-refractivity contribution in [2.75, 3.05) is 31.1 Å². The lowest BCUT2D eigenvalue weighted by atomic mass is 10.2. The van der Waals surface area contributed by atoms with E-state index in [0.717, 1.165) is 31.1 Å². The fraction of sp³-hybridized carbons (Fsp3) is 0.562. The van der Waals surface area contributed by atoms with Gasteiger partial charge in [-0.25, -0.2) is 0 Å². The van der Waals surface area contributed by atoms with Crippen LogP contribution in [0.1, 0.15) is 24.8 Å². The summed E-state index contributed by atoms with van der Waals surface area (Å²) in [6, 6.07) is 8.27. The molecule has 1 aliphatic carbocycles. The number of nitrogens with zero attached hydrogens (tertiary/aromatic N) is 1. The van der Waals surface area contributed by atoms with Crippen LogP contribution in [0.5, 0.6) is 0 Å². The molecule has 0 bridgehead atoms. The number of carbonyl (C=O) groups is 1. The molecule has 20 heavy (non-hydrogen) atoms. The van der Waals surface area contributed by atoms with E-state index in [1.807, 2.05) is 6.07 Å². The molecule has 1 aromatic carbocycles. The van der Waals surface area contributed by atoms with Crippen molar-refractivity contribution in [2.24, 2.45) is 11.7 Å². The first kappa shape index (κ1) is 14.9. The molecule has 4 nitrogen and oxygen atoms in total. The van der Waals surface area contributed by atoms with Crippen molar-refractivity contribution in [3.8, 4) is 0 Å². The smallest absolute Gasteiger partial charge is 0.239 e. The van der Waals surface area contributed by atoms with Gasteiger partial charge in [0.15, 0.2) is 0 Å². The Morgan fingerprint density at radius 3 is 2.90 bits per heavy atom. The largest absolute Gasteiger partial charge is 0.362 e. The molecule has 2 rings (SSSR count). The molecule has 0 spiro atoms. The summed E-state index contributed by atoms with van der Waals surface area (Å²) in [5, 5.41) is 3.02. The number of nitrogens with one attached hydrogen (secondary N) is 1. The van der Waals surface area contributed by atoms with Gasteiger partial charge in [0.1, 0.15) is 0 Å². The molecule has 1 saturated carbocycles. The third-order valence-corrected chi connectivity index (χ3v) is 3.62. The lowest BCUT2D eigenvalue weighted by Gasteiger charge is -2.24. The molecule has 110 valence electrons. The Balaban J connectivity index is 1.92. The summed E-state index contributed by atoms with van der Waals surface area (Å²) in [7, 11) is 0. The van der Waals surface area contributed by atoms with Gasteiger partial charge in [-0.1, -0.05) is 12.1 Å². The zero-order valence-corrected chi connectivity index (χ0v) is 12.3. The van der Waals surface area contributed by atoms with Crippen molar-refractivity contribution in [1.82, 2.24) is 5.32 Å². The Labute approximate surface area is 121 Å². The zero-order valence-electron chi connectivity index (χ0n) is 12.3. The van der Waals surface area contributed by atoms with E-state index in [1.165, 1.54) is 18.4 Å². The highest BCUT2D eigenvalue weighted by molar-refractivity contribution is 5.81. The lowest BCUT2D eigenvalue weighted by molar-refractivity contribution is -0.119. The summed E-state index contributed by atoms with van der Waals surface area (Å²) in [4.78, 5) is 14.1. The van der Waals surface area contributed by atoms with Crippen molar-refractivity contribution < 1.29 is 4.79 Å². The highest BCUT2D eigenvalue weighted by Gasteiger charge is 2.22. The second kappa shape index (κ2) is 7.29. The zero-order chi connectivity index (χ0) is 14.4. The van der Waals surface area contributed by atoms with E-state index in [0.29, 0.717) is 13.1 Å². The molecule has 0 atom stereocenters. The van der Waals surface area contributed by atoms with Crippen LogP contribution in [0.15, 0.2) is 24.3 Å². The third kappa shape index (κ3) is 4.85. The quantitative estimate of drug-likeness (QED) is 0.759. The Kier molecular flexibility index (Phi) is 5.41. The van der Waals surface area contributed by atoms with Crippen LogP contribution in [0.25, 0.3) is 0 Å². The van der Waals surface area contributed by atoms with E-state index in [2.05, 4.69) is 35.3 Å². The molecule has 1 aliphatic rings. The monoisotopic (exact) mass is 275 g/mol. The van der Waals surface area contributed by atoms with Gasteiger partial charge in [-0.3, -0.25) is 4.79 Å². The average molecular weight is 275 g/mol. The van der Waals surface area contributed by atoms with Gasteiger partial charge in [0.25, 0.3) is 0 Å². The van der Waals surface area contributed by atoms with Crippen molar-refractivity contribution in [3.63, 3.8) is 0 Å². The third-order valence-electron chi connectivity index (χ3n) is 3.62. The highest BCUT2D eigenvalue weighted by Crippen LogP contribution is 2.27. The van der Waals surface area contributed by atoms with Gasteiger partial charge in [0.2, 0.25) is 5.91 Å². The topological polar surface area (TPSA) is 58.4 Å². The predicted octanol–water partition coefficient (Wildman–Crippen LogP) is 1.68. The van der Waals surface area contributed by atoms with Gasteiger partial charge in [-0.05, 0) is 56.3 Å². The summed E-state index contributed by atoms with van der Waals surface area (Å²) < 4.78 is 0. The van der Waals surface area contributed by atoms with Gasteiger partial charge >= 0.3 is 0 Å². The van der Waals surface area contributed by atoms with Crippen LogP contribution in [-0.4, -0.2) is 32.1 Å². The van der Waals surface area contributed by atoms with Gasteiger partial charge in [-0.2, -0.15) is 0 Å². The van der Waals surface area contributed by atoms with Crippen LogP contribution in [0, 0.1) is 12.8 Å². The number of nitrogens with two attached hydrogens (primary N) is 1. The van der Waals surface area contributed by atoms with Crippen LogP contribution in [0.4, 0.5) is 5.69 Å². The van der Waals surface area contributed by atoms with E-state index in [4.69, 9.17) is 5.73 Å². The highest BCUT2D eigenvalue weighted by atomic mass is 16.2. The standard InChI is InChI=1S/C16H25N3O/c1-13-4-2-5-15(10-13)19(9-3-8-17)12-16(20)18-11-14-6-7-14/h2,4-5,10,14H,3,6-9,11-12,17H2,1H3,(H,18,20). The normalized spacial score (nSPS) is 14.1. The number of hydrogen-bond acceptors (Lipinski definition) is 3. The first-order chi connectivity index (χ1) is 9.69. The molecule has 0 saturated heterocycles. The molecule has 3 N–H and O–H groups in total. The van der Waals surface area contributed by atoms with Gasteiger partial charge < -0.3 is 16.0 Å². The van der Waals surface area contributed by atoms with Gasteiger partial charge in [-0.15, -0.1) is 0 Å². The number of carbonyl (C=O) groups excluding carboxylic acids is 1. The molecule has 1 amide bonds. The molecule has 0 radical (unpaired) electrons. The van der Waals surface area contributed by atoms with Crippen molar-refractivity contribution >= 4 is 11.6 Å². The average Bonchev–Trinajstić information content (AvgIpc) is 3.25. The maximum absolute atomic E-state index is 12.0. The van der Waals surface area contributed by atoms with Gasteiger partial charge in [0.05, 0.1) is 6.54 Å². The summed E-state index contributed by atoms with van der Waals surface area (Å²) in [5.41, 5.74) is 7.90. The molecule has 0 aromatic heterocycles. The Bertz CT molecular complexity index is 443. The molecule has 0 heterocycles. The minimum Gasteiger partial charge on any atom is -0.362 e. The van der Waals surface area contributed by atoms with Crippen LogP contribution in [-0.2, 0) is 4.79 Å². The van der Waals surface area contributed by atoms with Crippen molar-refractivity contribution in [3.05, 3.63) is 29.8 Å². The molecular weight excluding hydrogens is 250 g/mol. The van der Waals surface area contributed by atoms with Crippen molar-refractivity contribution in [2.45, 2.75) is 26.2 Å². The van der Waals surface area contributed by atoms with E-state index in [9.17, 15) is 4.79 Å². The number of rotatable bonds is 8. The predicted molar refractivity (Wildman–Crippen MR) is 82.8 cm³/mol. The fourth-order valence-corrected chi connectivity index (χ4v) is 2.22. The van der Waals surface area contributed by atoms with E-state index in [1.54, 1.807) is 0 Å². The van der Waals surface area contributed by atoms with Crippen LogP contribution in [0.2, 0.25) is 0 Å². The first-order valence-electron chi connectivity index (χ1n) is 7.47. The second-order valence-electron chi connectivity index (χ2n) is 5.65. The SMILES string of the molecule is Cc1cccc(N(CCCN)CC(=O)NCC2CC2)c1. The fourth-order valence-electron chi connectivity index (χ4n) is 2.22. The summed E-state index contributed by atoms with van der Waals surface area (Å²) in [5.74, 6) is 0.825. The maximum atomic E-state index is 12.0. The van der Waals surface area contributed by atoms with Crippen LogP contribution in [0.3, 0.4) is 0 Å². The van der Waals surface area contributed by atoms with Crippen LogP contribution < -0.4 is 16.0 Å².